The van der Waals surface area contributed by atoms with Gasteiger partial charge >= 0.3 is 0 Å². The molecule has 2 fully saturated rings. The third-order valence-electron chi connectivity index (χ3n) is 5.37. The molecule has 2 aliphatic heterocycles. The van der Waals surface area contributed by atoms with Gasteiger partial charge in [0.2, 0.25) is 5.95 Å². The summed E-state index contributed by atoms with van der Waals surface area (Å²) in [6.07, 6.45) is 5.29. The molecule has 2 atom stereocenters. The van der Waals surface area contributed by atoms with Gasteiger partial charge < -0.3 is 14.7 Å². The van der Waals surface area contributed by atoms with Crippen molar-refractivity contribution in [2.75, 3.05) is 30.3 Å². The van der Waals surface area contributed by atoms with E-state index in [0.717, 1.165) is 50.2 Å². The number of anilines is 1. The second-order valence-corrected chi connectivity index (χ2v) is 8.44. The molecule has 3 heterocycles. The number of piperidine rings is 1. The van der Waals surface area contributed by atoms with Gasteiger partial charge in [0.15, 0.2) is 5.16 Å². The number of nitrogens with zero attached hydrogens (tertiary/aromatic N) is 4. The van der Waals surface area contributed by atoms with Gasteiger partial charge in [-0.2, -0.15) is 0 Å². The number of aliphatic hydroxyl groups is 1. The van der Waals surface area contributed by atoms with Crippen molar-refractivity contribution in [1.29, 1.82) is 0 Å². The van der Waals surface area contributed by atoms with Gasteiger partial charge in [0.05, 0.1) is 18.8 Å². The Hall–Kier alpha value is -1.64. The van der Waals surface area contributed by atoms with E-state index in [4.69, 9.17) is 4.74 Å². The molecule has 28 heavy (non-hydrogen) atoms. The predicted molar refractivity (Wildman–Crippen MR) is 107 cm³/mol. The summed E-state index contributed by atoms with van der Waals surface area (Å²) < 4.78 is 21.1. The first-order valence-corrected chi connectivity index (χ1v) is 11.1. The highest BCUT2D eigenvalue weighted by Gasteiger charge is 2.25. The number of aromatic nitrogens is 3. The van der Waals surface area contributed by atoms with Gasteiger partial charge in [0.25, 0.3) is 0 Å². The fraction of sp³-hybridized carbons (Fsp3) is 0.600. The average Bonchev–Trinajstić information content (AvgIpc) is 3.38. The summed E-state index contributed by atoms with van der Waals surface area (Å²) in [6.45, 7) is 3.57. The molecule has 0 bridgehead atoms. The Bertz CT molecular complexity index is 758. The molecule has 0 spiro atoms. The molecular formula is C20H27FN4O2S. The third-order valence-corrected chi connectivity index (χ3v) is 6.41. The Morgan fingerprint density at radius 1 is 1.14 bits per heavy atom. The lowest BCUT2D eigenvalue weighted by molar-refractivity contribution is 0.0951. The van der Waals surface area contributed by atoms with Gasteiger partial charge in [0, 0.05) is 25.4 Å². The quantitative estimate of drug-likeness (QED) is 0.711. The predicted octanol–water partition coefficient (Wildman–Crippen LogP) is 3.41. The van der Waals surface area contributed by atoms with Crippen molar-refractivity contribution in [2.45, 2.75) is 56.0 Å². The molecule has 2 saturated heterocycles. The van der Waals surface area contributed by atoms with Crippen LogP contribution in [0, 0.1) is 5.82 Å². The van der Waals surface area contributed by atoms with E-state index in [1.165, 1.54) is 43.2 Å². The molecule has 1 aromatic heterocycles. The first-order valence-electron chi connectivity index (χ1n) is 10.1. The first-order chi connectivity index (χ1) is 13.7. The lowest BCUT2D eigenvalue weighted by Crippen LogP contribution is -2.33. The summed E-state index contributed by atoms with van der Waals surface area (Å²) in [6, 6.07) is 5.99. The van der Waals surface area contributed by atoms with Crippen molar-refractivity contribution in [2.24, 2.45) is 0 Å². The highest BCUT2D eigenvalue weighted by Crippen LogP contribution is 2.29. The Morgan fingerprint density at radius 3 is 2.64 bits per heavy atom. The number of thioether (sulfide) groups is 1. The first kappa shape index (κ1) is 19.7. The van der Waals surface area contributed by atoms with Crippen LogP contribution in [-0.4, -0.2) is 51.4 Å². The largest absolute Gasteiger partial charge is 0.388 e. The summed E-state index contributed by atoms with van der Waals surface area (Å²) in [5, 5.41) is 20.2. The third kappa shape index (κ3) is 4.67. The Balaban J connectivity index is 1.48. The minimum atomic E-state index is -0.683. The van der Waals surface area contributed by atoms with E-state index >= 15 is 0 Å². The molecule has 0 unspecified atom stereocenters. The Labute approximate surface area is 169 Å². The molecule has 2 aromatic rings. The topological polar surface area (TPSA) is 63.4 Å². The number of benzene rings is 1. The van der Waals surface area contributed by atoms with Crippen LogP contribution in [0.3, 0.4) is 0 Å². The van der Waals surface area contributed by atoms with Crippen LogP contribution in [0.2, 0.25) is 0 Å². The molecule has 1 N–H and O–H groups in total. The maximum atomic E-state index is 13.1. The average molecular weight is 407 g/mol. The number of hydrogen-bond acceptors (Lipinski definition) is 6. The van der Waals surface area contributed by atoms with Gasteiger partial charge in [-0.25, -0.2) is 4.39 Å². The van der Waals surface area contributed by atoms with Gasteiger partial charge in [-0.05, 0) is 49.8 Å². The number of rotatable bonds is 7. The van der Waals surface area contributed by atoms with Crippen LogP contribution in [0.5, 0.6) is 0 Å². The van der Waals surface area contributed by atoms with Gasteiger partial charge in [0.1, 0.15) is 5.82 Å². The fourth-order valence-electron chi connectivity index (χ4n) is 3.80. The summed E-state index contributed by atoms with van der Waals surface area (Å²) in [4.78, 5) is 2.31. The monoisotopic (exact) mass is 406 g/mol. The molecule has 0 radical (unpaired) electrons. The maximum Gasteiger partial charge on any atom is 0.228 e. The van der Waals surface area contributed by atoms with Crippen LogP contribution in [0.1, 0.15) is 43.8 Å². The van der Waals surface area contributed by atoms with Crippen LogP contribution in [0.15, 0.2) is 29.4 Å². The lowest BCUT2D eigenvalue weighted by atomic mass is 10.1. The molecule has 0 amide bonds. The van der Waals surface area contributed by atoms with E-state index < -0.39 is 6.10 Å². The molecule has 4 rings (SSSR count). The molecular weight excluding hydrogens is 379 g/mol. The van der Waals surface area contributed by atoms with Crippen LogP contribution in [0.25, 0.3) is 0 Å². The van der Waals surface area contributed by atoms with Crippen molar-refractivity contribution in [3.8, 4) is 0 Å². The van der Waals surface area contributed by atoms with E-state index in [9.17, 15) is 9.50 Å². The number of hydrogen-bond donors (Lipinski definition) is 1. The van der Waals surface area contributed by atoms with E-state index in [1.54, 1.807) is 12.1 Å². The molecule has 2 aliphatic rings. The van der Waals surface area contributed by atoms with E-state index in [0.29, 0.717) is 11.3 Å². The van der Waals surface area contributed by atoms with Crippen molar-refractivity contribution < 1.29 is 14.2 Å². The van der Waals surface area contributed by atoms with E-state index in [-0.39, 0.29) is 11.9 Å². The molecule has 0 saturated carbocycles. The zero-order chi connectivity index (χ0) is 19.3. The number of aliphatic hydroxyl groups excluding tert-OH is 1. The Morgan fingerprint density at radius 2 is 1.93 bits per heavy atom. The normalized spacial score (nSPS) is 21.2. The van der Waals surface area contributed by atoms with Gasteiger partial charge in [-0.3, -0.25) is 4.57 Å². The van der Waals surface area contributed by atoms with Crippen LogP contribution >= 0.6 is 11.8 Å². The van der Waals surface area contributed by atoms with Gasteiger partial charge in [-0.15, -0.1) is 10.2 Å². The smallest absolute Gasteiger partial charge is 0.228 e. The lowest BCUT2D eigenvalue weighted by Gasteiger charge is -2.28. The van der Waals surface area contributed by atoms with Crippen molar-refractivity contribution >= 4 is 17.7 Å². The zero-order valence-corrected chi connectivity index (χ0v) is 16.8. The summed E-state index contributed by atoms with van der Waals surface area (Å²) >= 11 is 1.49. The van der Waals surface area contributed by atoms with Crippen LogP contribution < -0.4 is 4.90 Å². The number of halogens is 1. The SMILES string of the molecule is O[C@@H](CSc1nnc(N2CCCCC2)n1C[C@H]1CCCO1)c1ccc(F)cc1. The highest BCUT2D eigenvalue weighted by atomic mass is 32.2. The molecule has 1 aromatic carbocycles. The van der Waals surface area contributed by atoms with Crippen molar-refractivity contribution in [1.82, 2.24) is 14.8 Å². The standard InChI is InChI=1S/C20H27FN4O2S/c21-16-8-6-15(7-9-16)18(26)14-28-20-23-22-19(24-10-2-1-3-11-24)25(20)13-17-5-4-12-27-17/h6-9,17-18,26H,1-5,10-14H2/t17-,18+/m1/s1. The minimum Gasteiger partial charge on any atom is -0.388 e. The van der Waals surface area contributed by atoms with E-state index in [2.05, 4.69) is 19.7 Å². The Kier molecular flexibility index (Phi) is 6.49. The molecule has 8 heteroatoms. The summed E-state index contributed by atoms with van der Waals surface area (Å²) in [5.74, 6) is 1.05. The molecule has 0 aliphatic carbocycles. The highest BCUT2D eigenvalue weighted by molar-refractivity contribution is 7.99. The minimum absolute atomic E-state index is 0.195. The maximum absolute atomic E-state index is 13.1. The fourth-order valence-corrected chi connectivity index (χ4v) is 4.71. The number of ether oxygens (including phenoxy) is 1. The van der Waals surface area contributed by atoms with E-state index in [1.807, 2.05) is 0 Å². The zero-order valence-electron chi connectivity index (χ0n) is 16.0. The summed E-state index contributed by atoms with van der Waals surface area (Å²) in [7, 11) is 0. The van der Waals surface area contributed by atoms with Crippen molar-refractivity contribution in [3.05, 3.63) is 35.6 Å². The molecule has 152 valence electrons. The summed E-state index contributed by atoms with van der Waals surface area (Å²) in [5.41, 5.74) is 0.704. The molecule has 6 nitrogen and oxygen atoms in total. The van der Waals surface area contributed by atoms with Crippen LogP contribution in [-0.2, 0) is 11.3 Å². The van der Waals surface area contributed by atoms with Crippen molar-refractivity contribution in [3.63, 3.8) is 0 Å². The van der Waals surface area contributed by atoms with Gasteiger partial charge in [-0.1, -0.05) is 23.9 Å². The van der Waals surface area contributed by atoms with Crippen LogP contribution in [0.4, 0.5) is 10.3 Å². The second-order valence-electron chi connectivity index (χ2n) is 7.45. The second kappa shape index (κ2) is 9.24.